The summed E-state index contributed by atoms with van der Waals surface area (Å²) in [5.41, 5.74) is 5.12. The standard InChI is InChI=1S/C17H18N4O3S/c18-25(23,24)21-8-6-11-1-2-12(9-13(11)10-21)14-5-7-19-17-15(14)3-4-16(22)20-17/h1-2,5,7,9H,3-4,6,8,10H2,(H2,18,23,24)(H,19,20,22). The van der Waals surface area contributed by atoms with Gasteiger partial charge in [0.25, 0.3) is 10.2 Å². The maximum Gasteiger partial charge on any atom is 0.277 e. The van der Waals surface area contributed by atoms with E-state index in [4.69, 9.17) is 5.14 Å². The summed E-state index contributed by atoms with van der Waals surface area (Å²) in [7, 11) is -3.69. The molecule has 0 radical (unpaired) electrons. The highest BCUT2D eigenvalue weighted by Crippen LogP contribution is 2.33. The summed E-state index contributed by atoms with van der Waals surface area (Å²) in [5, 5.41) is 8.08. The quantitative estimate of drug-likeness (QED) is 0.841. The first-order valence-corrected chi connectivity index (χ1v) is 9.60. The van der Waals surface area contributed by atoms with Crippen molar-refractivity contribution in [3.63, 3.8) is 0 Å². The highest BCUT2D eigenvalue weighted by Gasteiger charge is 2.25. The number of nitrogens with one attached hydrogen (secondary N) is 1. The zero-order valence-corrected chi connectivity index (χ0v) is 14.3. The summed E-state index contributed by atoms with van der Waals surface area (Å²) in [6, 6.07) is 8.02. The first-order chi connectivity index (χ1) is 11.9. The van der Waals surface area contributed by atoms with Gasteiger partial charge in [0.1, 0.15) is 5.82 Å². The fraction of sp³-hybridized carbons (Fsp3) is 0.294. The topological polar surface area (TPSA) is 105 Å². The molecular weight excluding hydrogens is 340 g/mol. The molecule has 0 saturated heterocycles. The van der Waals surface area contributed by atoms with E-state index in [9.17, 15) is 13.2 Å². The average molecular weight is 358 g/mol. The van der Waals surface area contributed by atoms with Crippen molar-refractivity contribution in [2.75, 3.05) is 11.9 Å². The number of rotatable bonds is 2. The molecule has 2 aromatic rings. The molecule has 7 nitrogen and oxygen atoms in total. The number of pyridine rings is 1. The lowest BCUT2D eigenvalue weighted by Crippen LogP contribution is -2.40. The number of carbonyl (C=O) groups is 1. The van der Waals surface area contributed by atoms with Crippen LogP contribution in [-0.4, -0.2) is 30.2 Å². The van der Waals surface area contributed by atoms with E-state index in [1.807, 2.05) is 24.3 Å². The molecule has 4 rings (SSSR count). The molecule has 0 aliphatic carbocycles. The molecule has 0 saturated carbocycles. The molecule has 1 aromatic carbocycles. The molecule has 2 aliphatic heterocycles. The van der Waals surface area contributed by atoms with Crippen LogP contribution in [0.3, 0.4) is 0 Å². The molecule has 1 amide bonds. The number of hydrogen-bond acceptors (Lipinski definition) is 4. The van der Waals surface area contributed by atoms with Gasteiger partial charge in [-0.05, 0) is 47.2 Å². The summed E-state index contributed by atoms with van der Waals surface area (Å²) < 4.78 is 24.6. The largest absolute Gasteiger partial charge is 0.310 e. The van der Waals surface area contributed by atoms with E-state index in [-0.39, 0.29) is 12.5 Å². The Morgan fingerprint density at radius 1 is 1.12 bits per heavy atom. The number of nitrogens with two attached hydrogens (primary N) is 1. The molecule has 1 aromatic heterocycles. The minimum absolute atomic E-state index is 0.0219. The van der Waals surface area contributed by atoms with Crippen LogP contribution in [0.2, 0.25) is 0 Å². The number of amides is 1. The first kappa shape index (κ1) is 16.2. The number of aromatic nitrogens is 1. The fourth-order valence-electron chi connectivity index (χ4n) is 3.47. The summed E-state index contributed by atoms with van der Waals surface area (Å²) in [6.07, 6.45) is 3.41. The van der Waals surface area contributed by atoms with Crippen molar-refractivity contribution in [1.82, 2.24) is 9.29 Å². The van der Waals surface area contributed by atoms with E-state index in [2.05, 4.69) is 10.3 Å². The number of benzene rings is 1. The number of carbonyl (C=O) groups excluding carboxylic acids is 1. The predicted molar refractivity (Wildman–Crippen MR) is 93.8 cm³/mol. The Labute approximate surface area is 146 Å². The lowest BCUT2D eigenvalue weighted by atomic mass is 9.91. The van der Waals surface area contributed by atoms with Crippen molar-refractivity contribution < 1.29 is 13.2 Å². The third kappa shape index (κ3) is 3.04. The van der Waals surface area contributed by atoms with Gasteiger partial charge in [0.05, 0.1) is 0 Å². The monoisotopic (exact) mass is 358 g/mol. The Morgan fingerprint density at radius 3 is 2.76 bits per heavy atom. The molecule has 25 heavy (non-hydrogen) atoms. The van der Waals surface area contributed by atoms with Gasteiger partial charge in [-0.25, -0.2) is 10.1 Å². The Kier molecular flexibility index (Phi) is 3.82. The van der Waals surface area contributed by atoms with Gasteiger partial charge in [-0.1, -0.05) is 12.1 Å². The van der Waals surface area contributed by atoms with E-state index in [0.29, 0.717) is 31.6 Å². The Hall–Kier alpha value is -2.29. The number of nitrogens with zero attached hydrogens (tertiary/aromatic N) is 2. The summed E-state index contributed by atoms with van der Waals surface area (Å²) in [6.45, 7) is 0.688. The van der Waals surface area contributed by atoms with Gasteiger partial charge in [-0.15, -0.1) is 0 Å². The second kappa shape index (κ2) is 5.91. The van der Waals surface area contributed by atoms with E-state index >= 15 is 0 Å². The van der Waals surface area contributed by atoms with E-state index in [1.165, 1.54) is 4.31 Å². The number of anilines is 1. The summed E-state index contributed by atoms with van der Waals surface area (Å²) >= 11 is 0. The molecule has 3 N–H and O–H groups in total. The highest BCUT2D eigenvalue weighted by molar-refractivity contribution is 7.86. The van der Waals surface area contributed by atoms with Crippen LogP contribution in [-0.2, 0) is 34.4 Å². The summed E-state index contributed by atoms with van der Waals surface area (Å²) in [4.78, 5) is 15.8. The van der Waals surface area contributed by atoms with Crippen molar-refractivity contribution in [2.24, 2.45) is 5.14 Å². The van der Waals surface area contributed by atoms with Gasteiger partial charge < -0.3 is 5.32 Å². The Bertz CT molecular complexity index is 972. The highest BCUT2D eigenvalue weighted by atomic mass is 32.2. The van der Waals surface area contributed by atoms with Crippen LogP contribution in [0.15, 0.2) is 30.5 Å². The number of hydrogen-bond donors (Lipinski definition) is 2. The van der Waals surface area contributed by atoms with Gasteiger partial charge >= 0.3 is 0 Å². The lowest BCUT2D eigenvalue weighted by Gasteiger charge is -2.27. The molecule has 0 unspecified atom stereocenters. The molecule has 0 atom stereocenters. The van der Waals surface area contributed by atoms with Gasteiger partial charge in [-0.3, -0.25) is 4.79 Å². The predicted octanol–water partition coefficient (Wildman–Crippen LogP) is 1.19. The van der Waals surface area contributed by atoms with Crippen LogP contribution in [0.4, 0.5) is 5.82 Å². The van der Waals surface area contributed by atoms with Crippen molar-refractivity contribution in [2.45, 2.75) is 25.8 Å². The van der Waals surface area contributed by atoms with E-state index in [0.717, 1.165) is 27.8 Å². The zero-order chi connectivity index (χ0) is 17.6. The molecule has 0 spiro atoms. The van der Waals surface area contributed by atoms with Gasteiger partial charge in [0.15, 0.2) is 0 Å². The Morgan fingerprint density at radius 2 is 1.96 bits per heavy atom. The normalized spacial score (nSPS) is 17.6. The fourth-order valence-corrected chi connectivity index (χ4v) is 4.14. The maximum atomic E-state index is 11.6. The van der Waals surface area contributed by atoms with E-state index < -0.39 is 10.2 Å². The van der Waals surface area contributed by atoms with Crippen molar-refractivity contribution in [1.29, 1.82) is 0 Å². The molecule has 0 bridgehead atoms. The van der Waals surface area contributed by atoms with Gasteiger partial charge in [-0.2, -0.15) is 12.7 Å². The molecule has 0 fully saturated rings. The van der Waals surface area contributed by atoms with Gasteiger partial charge in [0, 0.05) is 31.3 Å². The van der Waals surface area contributed by atoms with Gasteiger partial charge in [0.2, 0.25) is 5.91 Å². The van der Waals surface area contributed by atoms with Crippen LogP contribution in [0.25, 0.3) is 11.1 Å². The minimum atomic E-state index is -3.69. The zero-order valence-electron chi connectivity index (χ0n) is 13.5. The molecular formula is C17H18N4O3S. The molecule has 2 aliphatic rings. The maximum absolute atomic E-state index is 11.6. The van der Waals surface area contributed by atoms with Crippen molar-refractivity contribution in [3.05, 3.63) is 47.2 Å². The lowest BCUT2D eigenvalue weighted by molar-refractivity contribution is -0.116. The SMILES string of the molecule is NS(=O)(=O)N1CCc2ccc(-c3ccnc4c3CCC(=O)N4)cc2C1. The minimum Gasteiger partial charge on any atom is -0.310 e. The van der Waals surface area contributed by atoms with Crippen LogP contribution in [0.1, 0.15) is 23.1 Å². The molecule has 130 valence electrons. The first-order valence-electron chi connectivity index (χ1n) is 8.09. The van der Waals surface area contributed by atoms with Crippen LogP contribution in [0, 0.1) is 0 Å². The third-order valence-corrected chi connectivity index (χ3v) is 5.80. The molecule has 3 heterocycles. The second-order valence-electron chi connectivity index (χ2n) is 6.35. The van der Waals surface area contributed by atoms with Crippen LogP contribution >= 0.6 is 0 Å². The Balaban J connectivity index is 1.74. The van der Waals surface area contributed by atoms with Crippen LogP contribution < -0.4 is 10.5 Å². The smallest absolute Gasteiger partial charge is 0.277 e. The van der Waals surface area contributed by atoms with Crippen molar-refractivity contribution >= 4 is 21.9 Å². The second-order valence-corrected chi connectivity index (χ2v) is 7.89. The van der Waals surface area contributed by atoms with Crippen molar-refractivity contribution in [3.8, 4) is 11.1 Å². The average Bonchev–Trinajstić information content (AvgIpc) is 2.59. The number of fused-ring (bicyclic) bond motifs is 2. The molecule has 8 heteroatoms. The van der Waals surface area contributed by atoms with E-state index in [1.54, 1.807) is 6.20 Å². The third-order valence-electron chi connectivity index (χ3n) is 4.77. The summed E-state index contributed by atoms with van der Waals surface area (Å²) in [5.74, 6) is 0.587. The van der Waals surface area contributed by atoms with Crippen LogP contribution in [0.5, 0.6) is 0 Å².